The molecule has 3 aliphatic heterocycles. The third-order valence-corrected chi connectivity index (χ3v) is 18.3. The fourth-order valence-corrected chi connectivity index (χ4v) is 10.4. The Morgan fingerprint density at radius 3 is 2.50 bits per heavy atom. The van der Waals surface area contributed by atoms with E-state index >= 15 is 0 Å². The number of H-pyrrole nitrogens is 1. The van der Waals surface area contributed by atoms with Crippen LogP contribution >= 0.6 is 0 Å². The van der Waals surface area contributed by atoms with Crippen molar-refractivity contribution in [1.29, 1.82) is 0 Å². The number of pyridine rings is 2. The Labute approximate surface area is 356 Å². The predicted molar refractivity (Wildman–Crippen MR) is 239 cm³/mol. The number of phenols is 1. The number of aryl methyl sites for hydroxylation is 1. The molecule has 3 saturated heterocycles. The molecular weight excluding hydrogens is 771 g/mol. The maximum absolute atomic E-state index is 14.0. The summed E-state index contributed by atoms with van der Waals surface area (Å²) in [5.41, 5.74) is 4.08. The number of piperidine rings is 3. The van der Waals surface area contributed by atoms with Gasteiger partial charge in [0.25, 0.3) is 5.91 Å². The number of carbonyl (C=O) groups is 2. The lowest BCUT2D eigenvalue weighted by Gasteiger charge is -2.45. The van der Waals surface area contributed by atoms with Crippen LogP contribution in [0.25, 0.3) is 10.9 Å². The molecule has 11 nitrogen and oxygen atoms in total. The Morgan fingerprint density at radius 2 is 1.80 bits per heavy atom. The zero-order valence-electron chi connectivity index (χ0n) is 36.3. The molecule has 8 rings (SSSR count). The van der Waals surface area contributed by atoms with Crippen LogP contribution < -0.4 is 16.2 Å². The van der Waals surface area contributed by atoms with E-state index in [-0.39, 0.29) is 40.4 Å². The number of nitrogens with zero attached hydrogens (tertiary/aromatic N) is 2. The molecule has 12 heteroatoms. The normalized spacial score (nSPS) is 20.8. The summed E-state index contributed by atoms with van der Waals surface area (Å²) < 4.78 is 13.3. The first kappa shape index (κ1) is 43.7. The molecule has 1 amide bonds. The van der Waals surface area contributed by atoms with E-state index in [0.29, 0.717) is 36.6 Å². The van der Waals surface area contributed by atoms with Gasteiger partial charge in [-0.1, -0.05) is 70.4 Å². The van der Waals surface area contributed by atoms with Crippen molar-refractivity contribution in [2.24, 2.45) is 5.92 Å². The van der Waals surface area contributed by atoms with E-state index in [1.54, 1.807) is 24.4 Å². The molecule has 1 saturated carbocycles. The molecule has 1 unspecified atom stereocenters. The van der Waals surface area contributed by atoms with Crippen molar-refractivity contribution in [2.75, 3.05) is 32.7 Å². The van der Waals surface area contributed by atoms with Gasteiger partial charge in [-0.15, -0.1) is 0 Å². The highest BCUT2D eigenvalue weighted by Crippen LogP contribution is 2.43. The summed E-state index contributed by atoms with van der Waals surface area (Å²) in [4.78, 5) is 48.9. The molecule has 0 radical (unpaired) electrons. The van der Waals surface area contributed by atoms with E-state index in [0.717, 1.165) is 99.6 Å². The molecule has 5 heterocycles. The third kappa shape index (κ3) is 10.0. The van der Waals surface area contributed by atoms with Crippen LogP contribution in [-0.4, -0.2) is 79.0 Å². The summed E-state index contributed by atoms with van der Waals surface area (Å²) in [5.74, 6) is 0.353. The van der Waals surface area contributed by atoms with Gasteiger partial charge in [-0.3, -0.25) is 24.3 Å². The molecule has 2 atom stereocenters. The number of aromatic hydroxyl groups is 1. The van der Waals surface area contributed by atoms with Gasteiger partial charge in [0.15, 0.2) is 8.32 Å². The maximum Gasteiger partial charge on any atom is 0.316 e. The number of aromatic amines is 1. The Morgan fingerprint density at radius 1 is 1.02 bits per heavy atom. The molecule has 1 aliphatic carbocycles. The lowest BCUT2D eigenvalue weighted by atomic mass is 9.69. The van der Waals surface area contributed by atoms with Crippen LogP contribution in [-0.2, 0) is 32.3 Å². The van der Waals surface area contributed by atoms with Gasteiger partial charge < -0.3 is 29.9 Å². The van der Waals surface area contributed by atoms with Crippen LogP contribution in [0.4, 0.5) is 0 Å². The highest BCUT2D eigenvalue weighted by atomic mass is 28.4. The Hall–Kier alpha value is -4.36. The van der Waals surface area contributed by atoms with E-state index in [9.17, 15) is 19.5 Å². The topological polar surface area (TPSA) is 146 Å². The monoisotopic (exact) mass is 835 g/mol. The summed E-state index contributed by atoms with van der Waals surface area (Å²) in [6.07, 6.45) is 11.2. The minimum atomic E-state index is -2.22. The molecule has 60 heavy (non-hydrogen) atoms. The number of nitrogens with one attached hydrogen (secondary N) is 3. The highest BCUT2D eigenvalue weighted by Gasteiger charge is 2.46. The van der Waals surface area contributed by atoms with Crippen LogP contribution in [0.3, 0.4) is 0 Å². The summed E-state index contributed by atoms with van der Waals surface area (Å²) in [6.45, 7) is 15.7. The van der Waals surface area contributed by atoms with Gasteiger partial charge in [-0.25, -0.2) is 0 Å². The zero-order chi connectivity index (χ0) is 42.5. The van der Waals surface area contributed by atoms with Gasteiger partial charge >= 0.3 is 5.97 Å². The molecule has 2 aromatic heterocycles. The van der Waals surface area contributed by atoms with E-state index in [4.69, 9.17) is 9.16 Å². The number of carbonyl (C=O) groups excluding carboxylic acids is 2. The van der Waals surface area contributed by atoms with Crippen LogP contribution in [0.2, 0.25) is 18.1 Å². The number of hydrogen-bond donors (Lipinski definition) is 4. The highest BCUT2D eigenvalue weighted by molar-refractivity contribution is 6.74. The van der Waals surface area contributed by atoms with Crippen LogP contribution in [0.5, 0.6) is 5.75 Å². The molecule has 2 aromatic carbocycles. The molecule has 4 fully saturated rings. The zero-order valence-corrected chi connectivity index (χ0v) is 37.3. The first-order chi connectivity index (χ1) is 28.7. The molecular formula is C48H65N5O6Si. The van der Waals surface area contributed by atoms with Crippen LogP contribution in [0.15, 0.2) is 71.7 Å². The summed E-state index contributed by atoms with van der Waals surface area (Å²) in [5, 5.41) is 17.8. The van der Waals surface area contributed by atoms with Gasteiger partial charge in [0, 0.05) is 43.8 Å². The minimum absolute atomic E-state index is 0.0141. The summed E-state index contributed by atoms with van der Waals surface area (Å²) in [6, 6.07) is 19.0. The Balaban J connectivity index is 0.894. The number of hydrogen-bond acceptors (Lipinski definition) is 9. The number of rotatable bonds is 16. The fraction of sp³-hybridized carbons (Fsp3) is 0.542. The van der Waals surface area contributed by atoms with Gasteiger partial charge in [0.2, 0.25) is 5.56 Å². The van der Waals surface area contributed by atoms with Crippen LogP contribution in [0, 0.1) is 5.92 Å². The molecule has 4 aromatic rings. The number of amides is 1. The number of esters is 1. The number of benzene rings is 2. The number of aromatic nitrogens is 2. The maximum atomic E-state index is 14.0. The van der Waals surface area contributed by atoms with Crippen molar-refractivity contribution in [3.63, 3.8) is 0 Å². The van der Waals surface area contributed by atoms with Crippen molar-refractivity contribution in [3.05, 3.63) is 105 Å². The van der Waals surface area contributed by atoms with Gasteiger partial charge in [0.1, 0.15) is 11.9 Å². The van der Waals surface area contributed by atoms with Crippen molar-refractivity contribution in [3.8, 4) is 5.75 Å². The predicted octanol–water partition coefficient (Wildman–Crippen LogP) is 8.07. The summed E-state index contributed by atoms with van der Waals surface area (Å²) >= 11 is 0. The second-order valence-electron chi connectivity index (χ2n) is 19.0. The first-order valence-electron chi connectivity index (χ1n) is 22.2. The lowest BCUT2D eigenvalue weighted by molar-refractivity contribution is -0.167. The van der Waals surface area contributed by atoms with Gasteiger partial charge in [0.05, 0.1) is 28.3 Å². The van der Waals surface area contributed by atoms with Crippen molar-refractivity contribution in [2.45, 2.75) is 127 Å². The van der Waals surface area contributed by atoms with E-state index in [1.165, 1.54) is 18.1 Å². The van der Waals surface area contributed by atoms with Gasteiger partial charge in [-0.2, -0.15) is 0 Å². The van der Waals surface area contributed by atoms with Crippen molar-refractivity contribution < 1.29 is 23.9 Å². The molecule has 2 bridgehead atoms. The number of phenolic OH excluding ortho intramolecular Hbond substituents is 1. The fourth-order valence-electron chi connectivity index (χ4n) is 9.13. The Kier molecular flexibility index (Phi) is 13.6. The Bertz CT molecular complexity index is 2170. The van der Waals surface area contributed by atoms with Crippen molar-refractivity contribution in [1.82, 2.24) is 25.5 Å². The minimum Gasteiger partial charge on any atom is -0.506 e. The smallest absolute Gasteiger partial charge is 0.316 e. The molecule has 4 N–H and O–H groups in total. The lowest BCUT2D eigenvalue weighted by Crippen LogP contribution is -2.53. The molecule has 0 spiro atoms. The van der Waals surface area contributed by atoms with Gasteiger partial charge in [-0.05, 0) is 123 Å². The molecule has 322 valence electrons. The number of fused-ring (bicyclic) bond motifs is 4. The second kappa shape index (κ2) is 18.7. The number of unbranched alkanes of at least 4 members (excludes halogenated alkanes) is 1. The van der Waals surface area contributed by atoms with Crippen molar-refractivity contribution >= 4 is 31.1 Å². The second-order valence-corrected chi connectivity index (χ2v) is 23.7. The average Bonchev–Trinajstić information content (AvgIpc) is 3.24. The molecule has 4 aliphatic rings. The van der Waals surface area contributed by atoms with E-state index in [1.807, 2.05) is 12.1 Å². The average molecular weight is 836 g/mol. The van der Waals surface area contributed by atoms with E-state index < -0.39 is 13.7 Å². The third-order valence-electron chi connectivity index (χ3n) is 13.8. The first-order valence-corrected chi connectivity index (χ1v) is 25.1. The number of ether oxygens (including phenoxy) is 1. The standard InChI is InChI=1S/C48H65N5O6Si/c1-47(2,3)60(4,5)59-41(38-17-19-40(54)44-39(38)18-20-43(55)52-44)31-49-30-37-16-15-35(29-51-37)45(56)50-25-10-7-12-33-13-11-14-36(28-33)48(23-8-6-9-24-48)46(57)58-42-32-53-26-21-34(42)22-27-53/h11,13-20,28-29,34,41-42,49,54H,6-10,12,21-27,30-32H2,1-5H3,(H,50,56)(H,52,55)/t41-,42?/m0/s1. The largest absolute Gasteiger partial charge is 0.506 e. The SMILES string of the molecule is CC(C)(C)[Si](C)(C)O[C@@H](CNCc1ccc(C(=O)NCCCCc2cccc(C3(C(=O)OC4CN5CCC4CC5)CCCCC3)c2)cn1)c1ccc(O)c2[nH]c(=O)ccc12. The summed E-state index contributed by atoms with van der Waals surface area (Å²) in [7, 11) is -2.22. The quantitative estimate of drug-likeness (QED) is 0.0500. The van der Waals surface area contributed by atoms with E-state index in [2.05, 4.69) is 83.6 Å². The van der Waals surface area contributed by atoms with Crippen LogP contribution in [0.1, 0.15) is 117 Å².